The SMILES string of the molecule is CC(C)(C)c1ccc(-c2ccc(-c3ccccc3)c3c2C(C)(C)c2cc([NH-])ccc2-3)cc1. The van der Waals surface area contributed by atoms with E-state index in [9.17, 15) is 0 Å². The fourth-order valence-electron chi connectivity index (χ4n) is 5.19. The van der Waals surface area contributed by atoms with Gasteiger partial charge in [-0.25, -0.2) is 0 Å². The molecule has 0 fully saturated rings. The lowest BCUT2D eigenvalue weighted by Crippen LogP contribution is -2.16. The Balaban J connectivity index is 1.80. The van der Waals surface area contributed by atoms with Crippen LogP contribution in [-0.2, 0) is 10.8 Å². The third-order valence-corrected chi connectivity index (χ3v) is 6.94. The van der Waals surface area contributed by atoms with Crippen molar-refractivity contribution in [1.29, 1.82) is 0 Å². The molecule has 0 heterocycles. The Kier molecular flexibility index (Phi) is 4.57. The molecule has 0 aromatic heterocycles. The lowest BCUT2D eigenvalue weighted by atomic mass is 9.77. The van der Waals surface area contributed by atoms with Crippen LogP contribution >= 0.6 is 0 Å². The van der Waals surface area contributed by atoms with Crippen LogP contribution < -0.4 is 0 Å². The minimum atomic E-state index is -0.176. The molecule has 1 nitrogen and oxygen atoms in total. The maximum atomic E-state index is 8.26. The fraction of sp³-hybridized carbons (Fsp3) is 0.226. The average molecular weight is 417 g/mol. The molecule has 1 heteroatoms. The van der Waals surface area contributed by atoms with Gasteiger partial charge in [-0.05, 0) is 55.5 Å². The summed E-state index contributed by atoms with van der Waals surface area (Å²) in [6.07, 6.45) is 0. The second kappa shape index (κ2) is 7.10. The molecule has 0 spiro atoms. The first kappa shape index (κ1) is 20.6. The minimum Gasteiger partial charge on any atom is -0.699 e. The highest BCUT2D eigenvalue weighted by Gasteiger charge is 2.39. The highest BCUT2D eigenvalue weighted by atomic mass is 14.6. The Hall–Kier alpha value is -3.32. The van der Waals surface area contributed by atoms with E-state index in [0.717, 1.165) is 0 Å². The molecule has 1 aliphatic rings. The monoisotopic (exact) mass is 416 g/mol. The second-order valence-corrected chi connectivity index (χ2v) is 10.5. The van der Waals surface area contributed by atoms with Gasteiger partial charge in [0.15, 0.2) is 0 Å². The van der Waals surface area contributed by atoms with Crippen molar-refractivity contribution in [1.82, 2.24) is 0 Å². The van der Waals surface area contributed by atoms with E-state index in [0.29, 0.717) is 5.69 Å². The predicted molar refractivity (Wildman–Crippen MR) is 138 cm³/mol. The van der Waals surface area contributed by atoms with Gasteiger partial charge in [0, 0.05) is 5.41 Å². The average Bonchev–Trinajstić information content (AvgIpc) is 3.00. The number of benzene rings is 4. The number of fused-ring (bicyclic) bond motifs is 3. The lowest BCUT2D eigenvalue weighted by molar-refractivity contribution is 0.590. The Morgan fingerprint density at radius 2 is 1.25 bits per heavy atom. The van der Waals surface area contributed by atoms with Crippen LogP contribution in [0.5, 0.6) is 0 Å². The predicted octanol–water partition coefficient (Wildman–Crippen LogP) is 9.31. The van der Waals surface area contributed by atoms with E-state index in [2.05, 4.69) is 113 Å². The van der Waals surface area contributed by atoms with Crippen molar-refractivity contribution in [2.75, 3.05) is 0 Å². The van der Waals surface area contributed by atoms with Gasteiger partial charge in [-0.15, -0.1) is 5.69 Å². The van der Waals surface area contributed by atoms with Gasteiger partial charge in [-0.2, -0.15) is 0 Å². The van der Waals surface area contributed by atoms with Gasteiger partial charge in [-0.3, -0.25) is 0 Å². The van der Waals surface area contributed by atoms with E-state index in [1.807, 2.05) is 6.07 Å². The normalized spacial score (nSPS) is 14.2. The molecule has 0 amide bonds. The van der Waals surface area contributed by atoms with Gasteiger partial charge in [0.25, 0.3) is 0 Å². The van der Waals surface area contributed by atoms with Gasteiger partial charge in [-0.1, -0.05) is 120 Å². The third-order valence-electron chi connectivity index (χ3n) is 6.94. The van der Waals surface area contributed by atoms with Crippen LogP contribution in [0, 0.1) is 0 Å². The Bertz CT molecular complexity index is 1300. The highest BCUT2D eigenvalue weighted by molar-refractivity contribution is 5.97. The van der Waals surface area contributed by atoms with Crippen LogP contribution in [0.1, 0.15) is 51.3 Å². The molecule has 0 saturated carbocycles. The van der Waals surface area contributed by atoms with E-state index in [-0.39, 0.29) is 10.8 Å². The lowest BCUT2D eigenvalue weighted by Gasteiger charge is -2.26. The fourth-order valence-corrected chi connectivity index (χ4v) is 5.19. The van der Waals surface area contributed by atoms with Gasteiger partial charge >= 0.3 is 0 Å². The van der Waals surface area contributed by atoms with E-state index < -0.39 is 0 Å². The molecule has 0 atom stereocenters. The van der Waals surface area contributed by atoms with Gasteiger partial charge in [0.1, 0.15) is 0 Å². The van der Waals surface area contributed by atoms with Crippen molar-refractivity contribution in [2.45, 2.75) is 45.4 Å². The summed E-state index contributed by atoms with van der Waals surface area (Å²) in [5, 5.41) is 0. The molecule has 0 unspecified atom stereocenters. The van der Waals surface area contributed by atoms with Gasteiger partial charge in [0.2, 0.25) is 0 Å². The van der Waals surface area contributed by atoms with Crippen molar-refractivity contribution < 1.29 is 0 Å². The Morgan fingerprint density at radius 3 is 1.91 bits per heavy atom. The number of rotatable bonds is 2. The standard InChI is InChI=1S/C31H30N/c1-30(2,3)22-13-11-21(12-14-22)25-18-17-24(20-9-7-6-8-10-20)28-26-16-15-23(32)19-27(26)31(4,5)29(25)28/h6-19,32H,1-5H3/q-1. The second-order valence-electron chi connectivity index (χ2n) is 10.5. The quantitative estimate of drug-likeness (QED) is 0.311. The summed E-state index contributed by atoms with van der Waals surface area (Å²) in [6.45, 7) is 11.4. The van der Waals surface area contributed by atoms with Crippen molar-refractivity contribution in [2.24, 2.45) is 0 Å². The summed E-state index contributed by atoms with van der Waals surface area (Å²) in [7, 11) is 0. The molecule has 0 saturated heterocycles. The van der Waals surface area contributed by atoms with Gasteiger partial charge < -0.3 is 5.73 Å². The van der Waals surface area contributed by atoms with Crippen LogP contribution in [0.25, 0.3) is 39.1 Å². The summed E-state index contributed by atoms with van der Waals surface area (Å²) in [6, 6.07) is 30.4. The first-order valence-corrected chi connectivity index (χ1v) is 11.4. The summed E-state index contributed by atoms with van der Waals surface area (Å²) >= 11 is 0. The van der Waals surface area contributed by atoms with Gasteiger partial charge in [0.05, 0.1) is 0 Å². The first-order valence-electron chi connectivity index (χ1n) is 11.4. The van der Waals surface area contributed by atoms with E-state index >= 15 is 0 Å². The molecule has 5 rings (SSSR count). The Labute approximate surface area is 191 Å². The molecule has 32 heavy (non-hydrogen) atoms. The largest absolute Gasteiger partial charge is 0.699 e. The molecule has 0 aliphatic heterocycles. The smallest absolute Gasteiger partial charge is 0.0164 e. The number of hydrogen-bond acceptors (Lipinski definition) is 0. The van der Waals surface area contributed by atoms with Crippen LogP contribution in [0.4, 0.5) is 5.69 Å². The molecule has 0 bridgehead atoms. The number of nitrogens with one attached hydrogen (secondary N) is 1. The summed E-state index contributed by atoms with van der Waals surface area (Å²) < 4.78 is 0. The molecule has 1 aliphatic carbocycles. The number of hydrogen-bond donors (Lipinski definition) is 0. The molecule has 4 aromatic rings. The molecule has 160 valence electrons. The molecular formula is C31H30N-. The van der Waals surface area contributed by atoms with E-state index in [1.54, 1.807) is 0 Å². The molecule has 1 N–H and O–H groups in total. The zero-order valence-electron chi connectivity index (χ0n) is 19.6. The van der Waals surface area contributed by atoms with Crippen LogP contribution in [0.2, 0.25) is 0 Å². The van der Waals surface area contributed by atoms with Crippen molar-refractivity contribution in [3.63, 3.8) is 0 Å². The Morgan fingerprint density at radius 1 is 0.656 bits per heavy atom. The summed E-state index contributed by atoms with van der Waals surface area (Å²) in [5.41, 5.74) is 20.4. The molecule has 0 radical (unpaired) electrons. The van der Waals surface area contributed by atoms with Crippen LogP contribution in [-0.4, -0.2) is 0 Å². The summed E-state index contributed by atoms with van der Waals surface area (Å²) in [4.78, 5) is 0. The van der Waals surface area contributed by atoms with Crippen molar-refractivity contribution >= 4 is 5.69 Å². The maximum Gasteiger partial charge on any atom is 0.0164 e. The first-order chi connectivity index (χ1) is 15.2. The van der Waals surface area contributed by atoms with Crippen LogP contribution in [0.15, 0.2) is 84.9 Å². The highest BCUT2D eigenvalue weighted by Crippen LogP contribution is 2.55. The van der Waals surface area contributed by atoms with Crippen molar-refractivity contribution in [3.05, 3.63) is 107 Å². The van der Waals surface area contributed by atoms with Crippen molar-refractivity contribution in [3.8, 4) is 33.4 Å². The molecule has 4 aromatic carbocycles. The third kappa shape index (κ3) is 3.15. The van der Waals surface area contributed by atoms with E-state index in [4.69, 9.17) is 5.73 Å². The minimum absolute atomic E-state index is 0.137. The van der Waals surface area contributed by atoms with Crippen LogP contribution in [0.3, 0.4) is 0 Å². The zero-order valence-corrected chi connectivity index (χ0v) is 19.6. The maximum absolute atomic E-state index is 8.26. The summed E-state index contributed by atoms with van der Waals surface area (Å²) in [5.74, 6) is 0. The van der Waals surface area contributed by atoms with E-state index in [1.165, 1.54) is 50.1 Å². The zero-order chi connectivity index (χ0) is 22.7. The molecular weight excluding hydrogens is 386 g/mol. The topological polar surface area (TPSA) is 23.8 Å².